The number of anilines is 1. The molecule has 3 rings (SSSR count). The van der Waals surface area contributed by atoms with Gasteiger partial charge >= 0.3 is 6.09 Å². The van der Waals surface area contributed by atoms with E-state index in [1.54, 1.807) is 0 Å². The number of rotatable bonds is 2. The molecule has 2 aromatic carbocycles. The van der Waals surface area contributed by atoms with Crippen molar-refractivity contribution in [1.82, 2.24) is 0 Å². The topological polar surface area (TPSA) is 29.5 Å². The van der Waals surface area contributed by atoms with Gasteiger partial charge in [0.2, 0.25) is 0 Å². The van der Waals surface area contributed by atoms with Gasteiger partial charge in [0.1, 0.15) is 6.61 Å². The van der Waals surface area contributed by atoms with Gasteiger partial charge in [0.15, 0.2) is 0 Å². The van der Waals surface area contributed by atoms with Crippen LogP contribution in [0.25, 0.3) is 0 Å². The summed E-state index contributed by atoms with van der Waals surface area (Å²) in [6.45, 7) is 6.82. The van der Waals surface area contributed by atoms with Crippen molar-refractivity contribution in [3.05, 3.63) is 64.1 Å². The Morgan fingerprint density at radius 1 is 1.16 bits per heavy atom. The first-order chi connectivity index (χ1) is 11.9. The van der Waals surface area contributed by atoms with Gasteiger partial charge in [-0.3, -0.25) is 4.90 Å². The van der Waals surface area contributed by atoms with Gasteiger partial charge in [-0.25, -0.2) is 4.79 Å². The van der Waals surface area contributed by atoms with Crippen LogP contribution in [0.3, 0.4) is 0 Å². The van der Waals surface area contributed by atoms with Crippen LogP contribution in [0.4, 0.5) is 10.5 Å². The predicted molar refractivity (Wildman–Crippen MR) is 105 cm³/mol. The lowest BCUT2D eigenvalue weighted by atomic mass is 9.79. The van der Waals surface area contributed by atoms with E-state index in [2.05, 4.69) is 42.8 Å². The Hall–Kier alpha value is -1.81. The summed E-state index contributed by atoms with van der Waals surface area (Å²) in [5.41, 5.74) is 3.10. The number of carbonyl (C=O) groups excluding carboxylic acids is 1. The van der Waals surface area contributed by atoms with Gasteiger partial charge in [-0.15, -0.1) is 0 Å². The van der Waals surface area contributed by atoms with Crippen LogP contribution >= 0.6 is 15.9 Å². The quantitative estimate of drug-likeness (QED) is 0.621. The maximum absolute atomic E-state index is 13.0. The molecule has 1 amide bonds. The molecule has 2 aromatic rings. The van der Waals surface area contributed by atoms with Crippen LogP contribution in [0.15, 0.2) is 53.0 Å². The molecular formula is C21H24BrNO2. The second kappa shape index (κ2) is 7.20. The fraction of sp³-hybridized carbons (Fsp3) is 0.381. The Kier molecular flexibility index (Phi) is 5.19. The van der Waals surface area contributed by atoms with Gasteiger partial charge in [-0.2, -0.15) is 0 Å². The number of aryl methyl sites for hydroxylation is 1. The van der Waals surface area contributed by atoms with Gasteiger partial charge in [-0.05, 0) is 51.4 Å². The van der Waals surface area contributed by atoms with Crippen molar-refractivity contribution < 1.29 is 9.53 Å². The summed E-state index contributed by atoms with van der Waals surface area (Å²) in [6, 6.07) is 16.0. The van der Waals surface area contributed by atoms with Crippen LogP contribution < -0.4 is 4.90 Å². The fourth-order valence-electron chi connectivity index (χ4n) is 3.44. The molecule has 1 heterocycles. The number of amides is 1. The van der Waals surface area contributed by atoms with Gasteiger partial charge in [0.25, 0.3) is 0 Å². The van der Waals surface area contributed by atoms with Crippen molar-refractivity contribution in [2.45, 2.75) is 46.3 Å². The molecule has 1 aliphatic rings. The number of ether oxygens (including phenoxy) is 1. The standard InChI is InChI=1S/C21H24BrNO2/c1-21(2,3)18-13-12-16-10-7-11-17(22)19(16)23(18)20(24)25-14-15-8-5-4-6-9-15/h4-11,18H,12-14H2,1-3H3. The van der Waals surface area contributed by atoms with Crippen molar-refractivity contribution in [3.63, 3.8) is 0 Å². The first-order valence-corrected chi connectivity index (χ1v) is 9.44. The molecule has 0 saturated heterocycles. The number of carbonyl (C=O) groups is 1. The highest BCUT2D eigenvalue weighted by atomic mass is 79.9. The molecule has 0 radical (unpaired) electrons. The second-order valence-electron chi connectivity index (χ2n) is 7.58. The van der Waals surface area contributed by atoms with E-state index < -0.39 is 0 Å². The molecule has 0 saturated carbocycles. The third-order valence-corrected chi connectivity index (χ3v) is 5.35. The van der Waals surface area contributed by atoms with Crippen LogP contribution in [-0.4, -0.2) is 12.1 Å². The van der Waals surface area contributed by atoms with E-state index in [0.29, 0.717) is 0 Å². The Morgan fingerprint density at radius 2 is 1.88 bits per heavy atom. The molecular weight excluding hydrogens is 378 g/mol. The van der Waals surface area contributed by atoms with E-state index in [1.807, 2.05) is 47.4 Å². The maximum atomic E-state index is 13.0. The maximum Gasteiger partial charge on any atom is 0.414 e. The summed E-state index contributed by atoms with van der Waals surface area (Å²) in [5.74, 6) is 0. The minimum atomic E-state index is -0.281. The smallest absolute Gasteiger partial charge is 0.414 e. The SMILES string of the molecule is CC(C)(C)C1CCc2cccc(Br)c2N1C(=O)OCc1ccccc1. The summed E-state index contributed by atoms with van der Waals surface area (Å²) in [4.78, 5) is 14.9. The van der Waals surface area contributed by atoms with Crippen LogP contribution in [0.2, 0.25) is 0 Å². The molecule has 0 spiro atoms. The van der Waals surface area contributed by atoms with Crippen LogP contribution in [-0.2, 0) is 17.8 Å². The zero-order valence-electron chi connectivity index (χ0n) is 15.0. The third-order valence-electron chi connectivity index (χ3n) is 4.71. The van der Waals surface area contributed by atoms with E-state index in [9.17, 15) is 4.79 Å². The van der Waals surface area contributed by atoms with Gasteiger partial charge in [0, 0.05) is 10.5 Å². The second-order valence-corrected chi connectivity index (χ2v) is 8.43. The highest BCUT2D eigenvalue weighted by Gasteiger charge is 2.39. The molecule has 1 atom stereocenters. The first kappa shape index (κ1) is 18.0. The zero-order valence-corrected chi connectivity index (χ0v) is 16.5. The normalized spacial score (nSPS) is 17.1. The number of hydrogen-bond donors (Lipinski definition) is 0. The van der Waals surface area contributed by atoms with Crippen molar-refractivity contribution in [3.8, 4) is 0 Å². The lowest BCUT2D eigenvalue weighted by Crippen LogP contribution is -2.50. The third kappa shape index (κ3) is 3.90. The van der Waals surface area contributed by atoms with Crippen molar-refractivity contribution in [2.75, 3.05) is 4.90 Å². The summed E-state index contributed by atoms with van der Waals surface area (Å²) in [7, 11) is 0. The molecule has 0 N–H and O–H groups in total. The van der Waals surface area contributed by atoms with Crippen molar-refractivity contribution in [1.29, 1.82) is 0 Å². The molecule has 132 valence electrons. The number of nitrogens with zero attached hydrogens (tertiary/aromatic N) is 1. The number of fused-ring (bicyclic) bond motifs is 1. The van der Waals surface area contributed by atoms with Crippen molar-refractivity contribution in [2.24, 2.45) is 5.41 Å². The number of halogens is 1. The molecule has 4 heteroatoms. The fourth-order valence-corrected chi connectivity index (χ4v) is 4.03. The van der Waals surface area contributed by atoms with E-state index >= 15 is 0 Å². The van der Waals surface area contributed by atoms with Gasteiger partial charge in [-0.1, -0.05) is 63.2 Å². The number of para-hydroxylation sites is 1. The number of hydrogen-bond acceptors (Lipinski definition) is 2. The summed E-state index contributed by atoms with van der Waals surface area (Å²) >= 11 is 3.63. The predicted octanol–water partition coefficient (Wildman–Crippen LogP) is 5.95. The van der Waals surface area contributed by atoms with Crippen LogP contribution in [0.5, 0.6) is 0 Å². The molecule has 25 heavy (non-hydrogen) atoms. The Balaban J connectivity index is 1.90. The van der Waals surface area contributed by atoms with Gasteiger partial charge in [0.05, 0.1) is 5.69 Å². The van der Waals surface area contributed by atoms with Crippen LogP contribution in [0.1, 0.15) is 38.3 Å². The number of benzene rings is 2. The van der Waals surface area contributed by atoms with Crippen molar-refractivity contribution >= 4 is 27.7 Å². The van der Waals surface area contributed by atoms with Gasteiger partial charge < -0.3 is 4.74 Å². The molecule has 3 nitrogen and oxygen atoms in total. The van der Waals surface area contributed by atoms with Crippen LogP contribution in [0, 0.1) is 5.41 Å². The van der Waals surface area contributed by atoms with E-state index in [-0.39, 0.29) is 24.2 Å². The molecule has 0 bridgehead atoms. The zero-order chi connectivity index (χ0) is 18.0. The summed E-state index contributed by atoms with van der Waals surface area (Å²) in [6.07, 6.45) is 1.63. The molecule has 0 aliphatic carbocycles. The minimum Gasteiger partial charge on any atom is -0.444 e. The van der Waals surface area contributed by atoms with E-state index in [4.69, 9.17) is 4.74 Å². The highest BCUT2D eigenvalue weighted by molar-refractivity contribution is 9.10. The highest BCUT2D eigenvalue weighted by Crippen LogP contribution is 2.42. The van der Waals surface area contributed by atoms with E-state index in [0.717, 1.165) is 28.6 Å². The molecule has 0 aromatic heterocycles. The summed E-state index contributed by atoms with van der Waals surface area (Å²) < 4.78 is 6.61. The summed E-state index contributed by atoms with van der Waals surface area (Å²) in [5, 5.41) is 0. The lowest BCUT2D eigenvalue weighted by Gasteiger charge is -2.43. The Bertz CT molecular complexity index is 752. The Morgan fingerprint density at radius 3 is 2.56 bits per heavy atom. The monoisotopic (exact) mass is 401 g/mol. The largest absolute Gasteiger partial charge is 0.444 e. The minimum absolute atomic E-state index is 0.0290. The molecule has 1 unspecified atom stereocenters. The van der Waals surface area contributed by atoms with E-state index in [1.165, 1.54) is 5.56 Å². The molecule has 1 aliphatic heterocycles. The lowest BCUT2D eigenvalue weighted by molar-refractivity contribution is 0.136. The molecule has 0 fully saturated rings. The average molecular weight is 402 g/mol. The average Bonchev–Trinajstić information content (AvgIpc) is 2.59. The Labute approximate surface area is 158 Å². The first-order valence-electron chi connectivity index (χ1n) is 8.65.